The number of ether oxygens (including phenoxy) is 1. The first-order chi connectivity index (χ1) is 6.68. The molecular weight excluding hydrogens is 222 g/mol. The number of benzene rings is 1. The van der Waals surface area contributed by atoms with Crippen LogP contribution in [-0.2, 0) is 5.38 Å². The molecule has 0 heterocycles. The average molecular weight is 235 g/mol. The molecule has 0 saturated carbocycles. The van der Waals surface area contributed by atoms with Crippen LogP contribution in [0.15, 0.2) is 24.3 Å². The van der Waals surface area contributed by atoms with Gasteiger partial charge in [0.25, 0.3) is 0 Å². The van der Waals surface area contributed by atoms with Crippen LogP contribution in [0.3, 0.4) is 0 Å². The minimum atomic E-state index is -3.32. The molecular formula is C11H13ClF2O. The summed E-state index contributed by atoms with van der Waals surface area (Å²) in [5.74, 6) is 0.548. The molecule has 0 amide bonds. The van der Waals surface area contributed by atoms with Crippen LogP contribution in [0.25, 0.3) is 0 Å². The zero-order chi connectivity index (χ0) is 11.7. The Morgan fingerprint density at radius 1 is 1.07 bits per heavy atom. The maximum Gasteiger partial charge on any atom is 0.348 e. The second-order valence-corrected chi connectivity index (χ2v) is 4.71. The number of hydrogen-bond donors (Lipinski definition) is 0. The standard InChI is InChI=1S/C11H13ClF2O/c1-10(2,3)15-9-6-4-8(5-7-9)11(12,13)14/h4-7H,1-3H3. The third-order valence-electron chi connectivity index (χ3n) is 1.61. The summed E-state index contributed by atoms with van der Waals surface area (Å²) in [6.07, 6.45) is 0. The van der Waals surface area contributed by atoms with Crippen LogP contribution in [0.1, 0.15) is 26.3 Å². The average Bonchev–Trinajstić information content (AvgIpc) is 2.00. The molecule has 0 atom stereocenters. The molecule has 0 unspecified atom stereocenters. The van der Waals surface area contributed by atoms with Gasteiger partial charge in [0.15, 0.2) is 0 Å². The molecule has 1 rings (SSSR count). The lowest BCUT2D eigenvalue weighted by Crippen LogP contribution is -2.22. The number of rotatable bonds is 2. The summed E-state index contributed by atoms with van der Waals surface area (Å²) >= 11 is 4.87. The number of halogens is 3. The summed E-state index contributed by atoms with van der Waals surface area (Å²) < 4.78 is 30.8. The molecule has 0 aliphatic carbocycles. The Labute approximate surface area is 93.0 Å². The van der Waals surface area contributed by atoms with E-state index < -0.39 is 5.38 Å². The van der Waals surface area contributed by atoms with Gasteiger partial charge in [0, 0.05) is 5.56 Å². The van der Waals surface area contributed by atoms with E-state index in [2.05, 4.69) is 0 Å². The Balaban J connectivity index is 2.82. The zero-order valence-electron chi connectivity index (χ0n) is 8.85. The lowest BCUT2D eigenvalue weighted by molar-refractivity contribution is 0.0947. The van der Waals surface area contributed by atoms with Gasteiger partial charge in [0.2, 0.25) is 0 Å². The van der Waals surface area contributed by atoms with Gasteiger partial charge in [0.05, 0.1) is 0 Å². The Kier molecular flexibility index (Phi) is 3.24. The lowest BCUT2D eigenvalue weighted by atomic mass is 10.2. The molecule has 0 radical (unpaired) electrons. The number of alkyl halides is 3. The minimum Gasteiger partial charge on any atom is -0.488 e. The van der Waals surface area contributed by atoms with Crippen LogP contribution in [0.5, 0.6) is 5.75 Å². The van der Waals surface area contributed by atoms with Gasteiger partial charge in [-0.1, -0.05) is 0 Å². The van der Waals surface area contributed by atoms with Crippen molar-refractivity contribution in [3.63, 3.8) is 0 Å². The summed E-state index contributed by atoms with van der Waals surface area (Å²) in [6.45, 7) is 5.66. The van der Waals surface area contributed by atoms with Crippen molar-refractivity contribution in [3.8, 4) is 5.75 Å². The monoisotopic (exact) mass is 234 g/mol. The fourth-order valence-electron chi connectivity index (χ4n) is 1.07. The molecule has 1 aromatic carbocycles. The maximum atomic E-state index is 12.6. The molecule has 84 valence electrons. The predicted octanol–water partition coefficient (Wildman–Crippen LogP) is 4.15. The van der Waals surface area contributed by atoms with Crippen molar-refractivity contribution < 1.29 is 13.5 Å². The molecule has 4 heteroatoms. The first kappa shape index (κ1) is 12.2. The predicted molar refractivity (Wildman–Crippen MR) is 56.6 cm³/mol. The van der Waals surface area contributed by atoms with Gasteiger partial charge in [-0.15, -0.1) is 0 Å². The summed E-state index contributed by atoms with van der Waals surface area (Å²) in [6, 6.07) is 5.48. The Hall–Kier alpha value is -0.830. The molecule has 0 aromatic heterocycles. The van der Waals surface area contributed by atoms with E-state index in [9.17, 15) is 8.78 Å². The Morgan fingerprint density at radius 3 is 1.87 bits per heavy atom. The molecule has 0 saturated heterocycles. The second-order valence-electron chi connectivity index (χ2n) is 4.24. The molecule has 1 nitrogen and oxygen atoms in total. The first-order valence-corrected chi connectivity index (χ1v) is 4.92. The van der Waals surface area contributed by atoms with E-state index >= 15 is 0 Å². The smallest absolute Gasteiger partial charge is 0.348 e. The van der Waals surface area contributed by atoms with Crippen LogP contribution in [0.4, 0.5) is 8.78 Å². The van der Waals surface area contributed by atoms with E-state index in [-0.39, 0.29) is 11.2 Å². The van der Waals surface area contributed by atoms with Gasteiger partial charge in [-0.25, -0.2) is 0 Å². The first-order valence-electron chi connectivity index (χ1n) is 4.55. The second kappa shape index (κ2) is 3.97. The highest BCUT2D eigenvalue weighted by atomic mass is 35.5. The van der Waals surface area contributed by atoms with Crippen LogP contribution in [-0.4, -0.2) is 5.60 Å². The van der Waals surface area contributed by atoms with Crippen LogP contribution in [0.2, 0.25) is 0 Å². The minimum absolute atomic E-state index is 0.231. The van der Waals surface area contributed by atoms with Crippen LogP contribution < -0.4 is 4.74 Å². The molecule has 0 N–H and O–H groups in total. The summed E-state index contributed by atoms with van der Waals surface area (Å²) in [4.78, 5) is 0. The molecule has 1 aromatic rings. The highest BCUT2D eigenvalue weighted by Gasteiger charge is 2.27. The fraction of sp³-hybridized carbons (Fsp3) is 0.455. The van der Waals surface area contributed by atoms with E-state index in [4.69, 9.17) is 16.3 Å². The fourth-order valence-corrected chi connectivity index (χ4v) is 1.19. The van der Waals surface area contributed by atoms with Gasteiger partial charge < -0.3 is 4.74 Å². The van der Waals surface area contributed by atoms with Gasteiger partial charge in [0.1, 0.15) is 11.4 Å². The van der Waals surface area contributed by atoms with E-state index in [0.29, 0.717) is 5.75 Å². The highest BCUT2D eigenvalue weighted by Crippen LogP contribution is 2.33. The van der Waals surface area contributed by atoms with Crippen molar-refractivity contribution in [2.75, 3.05) is 0 Å². The molecule has 0 bridgehead atoms. The third kappa shape index (κ3) is 4.04. The summed E-state index contributed by atoms with van der Waals surface area (Å²) in [5, 5.41) is -3.32. The van der Waals surface area contributed by atoms with E-state index in [1.807, 2.05) is 20.8 Å². The van der Waals surface area contributed by atoms with Gasteiger partial charge in [-0.2, -0.15) is 8.78 Å². The Bertz CT molecular complexity index is 322. The van der Waals surface area contributed by atoms with Gasteiger partial charge in [-0.3, -0.25) is 0 Å². The van der Waals surface area contributed by atoms with E-state index in [1.54, 1.807) is 0 Å². The van der Waals surface area contributed by atoms with Crippen molar-refractivity contribution in [1.29, 1.82) is 0 Å². The third-order valence-corrected chi connectivity index (χ3v) is 1.82. The highest BCUT2D eigenvalue weighted by molar-refractivity contribution is 6.21. The van der Waals surface area contributed by atoms with Gasteiger partial charge >= 0.3 is 5.38 Å². The van der Waals surface area contributed by atoms with Crippen molar-refractivity contribution >= 4 is 11.6 Å². The number of hydrogen-bond acceptors (Lipinski definition) is 1. The normalized spacial score (nSPS) is 12.7. The van der Waals surface area contributed by atoms with E-state index in [1.165, 1.54) is 24.3 Å². The van der Waals surface area contributed by atoms with Gasteiger partial charge in [-0.05, 0) is 56.6 Å². The topological polar surface area (TPSA) is 9.23 Å². The van der Waals surface area contributed by atoms with Crippen molar-refractivity contribution in [2.24, 2.45) is 0 Å². The van der Waals surface area contributed by atoms with Crippen molar-refractivity contribution in [2.45, 2.75) is 31.8 Å². The molecule has 15 heavy (non-hydrogen) atoms. The molecule has 0 fully saturated rings. The van der Waals surface area contributed by atoms with Crippen LogP contribution in [0, 0.1) is 0 Å². The molecule has 0 aliphatic rings. The Morgan fingerprint density at radius 2 is 1.53 bits per heavy atom. The quantitative estimate of drug-likeness (QED) is 0.699. The largest absolute Gasteiger partial charge is 0.488 e. The van der Waals surface area contributed by atoms with E-state index in [0.717, 1.165) is 0 Å². The SMILES string of the molecule is CC(C)(C)Oc1ccc(C(F)(F)Cl)cc1. The molecule has 0 spiro atoms. The van der Waals surface area contributed by atoms with Crippen molar-refractivity contribution in [3.05, 3.63) is 29.8 Å². The lowest BCUT2D eigenvalue weighted by Gasteiger charge is -2.21. The summed E-state index contributed by atoms with van der Waals surface area (Å²) in [5.41, 5.74) is -0.573. The zero-order valence-corrected chi connectivity index (χ0v) is 9.61. The maximum absolute atomic E-state index is 12.6. The van der Waals surface area contributed by atoms with Crippen LogP contribution >= 0.6 is 11.6 Å². The molecule has 0 aliphatic heterocycles. The summed E-state index contributed by atoms with van der Waals surface area (Å²) in [7, 11) is 0. The van der Waals surface area contributed by atoms with Crippen molar-refractivity contribution in [1.82, 2.24) is 0 Å².